The molecule has 1 aromatic rings. The van der Waals surface area contributed by atoms with E-state index < -0.39 is 17.7 Å². The fraction of sp³-hybridized carbons (Fsp3) is 0.462. The Bertz CT molecular complexity index is 472. The smallest absolute Gasteiger partial charge is 0.469 e. The molecule has 0 bridgehead atoms. The Hall–Kier alpha value is -1.92. The van der Waals surface area contributed by atoms with Crippen LogP contribution in [-0.2, 0) is 9.53 Å². The quantitative estimate of drug-likeness (QED) is 0.846. The lowest BCUT2D eigenvalue weighted by Crippen LogP contribution is -2.33. The van der Waals surface area contributed by atoms with Gasteiger partial charge in [0.1, 0.15) is 0 Å². The molecule has 1 aromatic carbocycles. The Morgan fingerprint density at radius 3 is 2.40 bits per heavy atom. The highest BCUT2D eigenvalue weighted by Gasteiger charge is 2.33. The lowest BCUT2D eigenvalue weighted by molar-refractivity contribution is -0.274. The molecule has 0 spiro atoms. The maximum atomic E-state index is 12.3. The summed E-state index contributed by atoms with van der Waals surface area (Å²) >= 11 is 0. The lowest BCUT2D eigenvalue weighted by Gasteiger charge is -2.23. The average molecular weight is 291 g/mol. The number of carbonyl (C=O) groups is 1. The molecule has 0 atom stereocenters. The topological polar surface area (TPSA) is 47.6 Å². The second-order valence-corrected chi connectivity index (χ2v) is 4.77. The van der Waals surface area contributed by atoms with Crippen LogP contribution in [0.5, 0.6) is 5.75 Å². The number of hydrogen-bond acceptors (Lipinski definition) is 4. The van der Waals surface area contributed by atoms with Crippen molar-refractivity contribution in [3.8, 4) is 5.75 Å². The summed E-state index contributed by atoms with van der Waals surface area (Å²) in [5, 5.41) is 2.77. The first-order chi connectivity index (χ1) is 9.15. The summed E-state index contributed by atoms with van der Waals surface area (Å²) in [7, 11) is 1.25. The van der Waals surface area contributed by atoms with Gasteiger partial charge < -0.3 is 14.8 Å². The standard InChI is InChI=1S/C13H16F3NO3/c1-12(2,11(18)19-3)8-17-9-6-4-5-7-10(9)20-13(14,15)16/h4-7,17H,8H2,1-3H3. The molecule has 0 aliphatic rings. The van der Waals surface area contributed by atoms with E-state index in [1.54, 1.807) is 19.9 Å². The van der Waals surface area contributed by atoms with E-state index in [9.17, 15) is 18.0 Å². The molecule has 0 aliphatic carbocycles. The summed E-state index contributed by atoms with van der Waals surface area (Å²) in [5.74, 6) is -0.806. The van der Waals surface area contributed by atoms with Crippen molar-refractivity contribution in [3.63, 3.8) is 0 Å². The molecule has 0 aromatic heterocycles. The number of carbonyl (C=O) groups excluding carboxylic acids is 1. The van der Waals surface area contributed by atoms with Crippen LogP contribution in [0.1, 0.15) is 13.8 Å². The van der Waals surface area contributed by atoms with E-state index in [1.165, 1.54) is 25.3 Å². The van der Waals surface area contributed by atoms with Crippen molar-refractivity contribution in [2.75, 3.05) is 19.0 Å². The maximum Gasteiger partial charge on any atom is 0.573 e. The minimum atomic E-state index is -4.77. The Morgan fingerprint density at radius 1 is 1.25 bits per heavy atom. The fourth-order valence-corrected chi connectivity index (χ4v) is 1.49. The molecule has 0 radical (unpaired) electrons. The normalized spacial score (nSPS) is 11.9. The number of alkyl halides is 3. The van der Waals surface area contributed by atoms with Crippen molar-refractivity contribution < 1.29 is 27.4 Å². The molecule has 20 heavy (non-hydrogen) atoms. The fourth-order valence-electron chi connectivity index (χ4n) is 1.49. The highest BCUT2D eigenvalue weighted by atomic mass is 19.4. The van der Waals surface area contributed by atoms with Crippen molar-refractivity contribution in [1.29, 1.82) is 0 Å². The van der Waals surface area contributed by atoms with Gasteiger partial charge in [-0.1, -0.05) is 12.1 Å². The molecule has 0 heterocycles. The molecule has 0 saturated carbocycles. The van der Waals surface area contributed by atoms with Gasteiger partial charge in [0.2, 0.25) is 0 Å². The van der Waals surface area contributed by atoms with Gasteiger partial charge in [-0.2, -0.15) is 0 Å². The maximum absolute atomic E-state index is 12.3. The minimum Gasteiger partial charge on any atom is -0.469 e. The number of hydrogen-bond donors (Lipinski definition) is 1. The van der Waals surface area contributed by atoms with Crippen LogP contribution in [-0.4, -0.2) is 26.0 Å². The van der Waals surface area contributed by atoms with Crippen LogP contribution in [0.2, 0.25) is 0 Å². The zero-order chi connectivity index (χ0) is 15.4. The van der Waals surface area contributed by atoms with Crippen LogP contribution in [0.25, 0.3) is 0 Å². The third-order valence-corrected chi connectivity index (χ3v) is 2.57. The summed E-state index contributed by atoms with van der Waals surface area (Å²) in [5.41, 5.74) is -0.720. The first-order valence-corrected chi connectivity index (χ1v) is 5.83. The van der Waals surface area contributed by atoms with Crippen molar-refractivity contribution in [2.45, 2.75) is 20.2 Å². The van der Waals surface area contributed by atoms with Crippen LogP contribution < -0.4 is 10.1 Å². The number of rotatable bonds is 5. The Labute approximate surface area is 114 Å². The van der Waals surface area contributed by atoms with Gasteiger partial charge in [-0.3, -0.25) is 4.79 Å². The Morgan fingerprint density at radius 2 is 1.85 bits per heavy atom. The summed E-state index contributed by atoms with van der Waals surface area (Å²) in [4.78, 5) is 11.5. The van der Waals surface area contributed by atoms with Crippen LogP contribution in [0.4, 0.5) is 18.9 Å². The molecule has 112 valence electrons. The van der Waals surface area contributed by atoms with E-state index in [4.69, 9.17) is 0 Å². The molecular formula is C13H16F3NO3. The predicted octanol–water partition coefficient (Wildman–Crippen LogP) is 3.20. The third kappa shape index (κ3) is 4.64. The van der Waals surface area contributed by atoms with E-state index in [-0.39, 0.29) is 18.0 Å². The number of nitrogens with one attached hydrogen (secondary N) is 1. The van der Waals surface area contributed by atoms with Gasteiger partial charge in [-0.05, 0) is 26.0 Å². The molecule has 0 saturated heterocycles. The zero-order valence-electron chi connectivity index (χ0n) is 11.4. The van der Waals surface area contributed by atoms with Crippen molar-refractivity contribution in [1.82, 2.24) is 0 Å². The number of esters is 1. The largest absolute Gasteiger partial charge is 0.573 e. The molecular weight excluding hydrogens is 275 g/mol. The van der Waals surface area contributed by atoms with E-state index in [1.807, 2.05) is 0 Å². The van der Waals surface area contributed by atoms with Crippen molar-refractivity contribution >= 4 is 11.7 Å². The van der Waals surface area contributed by atoms with Gasteiger partial charge in [-0.25, -0.2) is 0 Å². The second-order valence-electron chi connectivity index (χ2n) is 4.77. The van der Waals surface area contributed by atoms with Gasteiger partial charge in [0.25, 0.3) is 0 Å². The summed E-state index contributed by atoms with van der Waals surface area (Å²) in [6, 6.07) is 5.63. The molecule has 1 rings (SSSR count). The zero-order valence-corrected chi connectivity index (χ0v) is 11.4. The van der Waals surface area contributed by atoms with Crippen LogP contribution in [0.15, 0.2) is 24.3 Å². The van der Waals surface area contributed by atoms with Gasteiger partial charge in [-0.15, -0.1) is 13.2 Å². The average Bonchev–Trinajstić information content (AvgIpc) is 2.35. The SMILES string of the molecule is COC(=O)C(C)(C)CNc1ccccc1OC(F)(F)F. The van der Waals surface area contributed by atoms with E-state index in [0.717, 1.165) is 0 Å². The first-order valence-electron chi connectivity index (χ1n) is 5.83. The number of anilines is 1. The number of para-hydroxylation sites is 2. The van der Waals surface area contributed by atoms with Gasteiger partial charge in [0.05, 0.1) is 18.2 Å². The summed E-state index contributed by atoms with van der Waals surface area (Å²) in [6.07, 6.45) is -4.77. The highest BCUT2D eigenvalue weighted by molar-refractivity contribution is 5.76. The van der Waals surface area contributed by atoms with Gasteiger partial charge in [0.15, 0.2) is 5.75 Å². The Balaban J connectivity index is 2.81. The molecule has 0 unspecified atom stereocenters. The van der Waals surface area contributed by atoms with E-state index >= 15 is 0 Å². The number of ether oxygens (including phenoxy) is 2. The monoisotopic (exact) mass is 291 g/mol. The minimum absolute atomic E-state index is 0.109. The number of methoxy groups -OCH3 is 1. The number of halogens is 3. The van der Waals surface area contributed by atoms with Gasteiger partial charge in [0, 0.05) is 6.54 Å². The molecule has 4 nitrogen and oxygen atoms in total. The van der Waals surface area contributed by atoms with E-state index in [0.29, 0.717) is 0 Å². The summed E-state index contributed by atoms with van der Waals surface area (Å²) in [6.45, 7) is 3.36. The second kappa shape index (κ2) is 6.02. The highest BCUT2D eigenvalue weighted by Crippen LogP contribution is 2.30. The van der Waals surface area contributed by atoms with Gasteiger partial charge >= 0.3 is 12.3 Å². The predicted molar refractivity (Wildman–Crippen MR) is 67.4 cm³/mol. The third-order valence-electron chi connectivity index (χ3n) is 2.57. The van der Waals surface area contributed by atoms with Crippen LogP contribution in [0, 0.1) is 5.41 Å². The molecule has 0 fully saturated rings. The molecule has 1 N–H and O–H groups in total. The van der Waals surface area contributed by atoms with Crippen molar-refractivity contribution in [3.05, 3.63) is 24.3 Å². The molecule has 0 aliphatic heterocycles. The summed E-state index contributed by atoms with van der Waals surface area (Å²) < 4.78 is 45.3. The Kier molecular flexibility index (Phi) is 4.86. The van der Waals surface area contributed by atoms with E-state index in [2.05, 4.69) is 14.8 Å². The van der Waals surface area contributed by atoms with Crippen LogP contribution in [0.3, 0.4) is 0 Å². The molecule has 7 heteroatoms. The first kappa shape index (κ1) is 16.1. The molecule has 0 amide bonds. The van der Waals surface area contributed by atoms with Crippen LogP contribution >= 0.6 is 0 Å². The number of benzene rings is 1. The lowest BCUT2D eigenvalue weighted by atomic mass is 9.93. The van der Waals surface area contributed by atoms with Crippen molar-refractivity contribution in [2.24, 2.45) is 5.41 Å².